The Bertz CT molecular complexity index is 1290. The van der Waals surface area contributed by atoms with Crippen molar-refractivity contribution in [1.82, 2.24) is 19.6 Å². The third kappa shape index (κ3) is 7.65. The highest BCUT2D eigenvalue weighted by Crippen LogP contribution is 2.37. The van der Waals surface area contributed by atoms with Crippen molar-refractivity contribution in [2.75, 3.05) is 57.8 Å². The van der Waals surface area contributed by atoms with Crippen molar-refractivity contribution in [2.24, 2.45) is 11.1 Å². The lowest BCUT2D eigenvalue weighted by Crippen LogP contribution is -2.50. The number of nitrogens with one attached hydrogen (secondary N) is 1. The highest BCUT2D eigenvalue weighted by Gasteiger charge is 2.36. The number of fused-ring (bicyclic) bond motifs is 1. The number of carbonyl (C=O) groups is 3. The van der Waals surface area contributed by atoms with Gasteiger partial charge >= 0.3 is 6.09 Å². The molecule has 2 aliphatic rings. The van der Waals surface area contributed by atoms with Gasteiger partial charge in [0.05, 0.1) is 41.4 Å². The van der Waals surface area contributed by atoms with Crippen molar-refractivity contribution in [3.63, 3.8) is 0 Å². The fraction of sp³-hybridized carbons (Fsp3) is 0.600. The first-order chi connectivity index (χ1) is 19.2. The Morgan fingerprint density at radius 2 is 1.80 bits per heavy atom. The van der Waals surface area contributed by atoms with E-state index in [0.29, 0.717) is 61.8 Å². The quantitative estimate of drug-likeness (QED) is 0.440. The average Bonchev–Trinajstić information content (AvgIpc) is 3.20. The molecule has 0 unspecified atom stereocenters. The molecule has 0 saturated carbocycles. The number of primary amides is 1. The summed E-state index contributed by atoms with van der Waals surface area (Å²) in [5, 5.41) is 7.97. The van der Waals surface area contributed by atoms with Crippen LogP contribution in [0.5, 0.6) is 0 Å². The molecule has 0 radical (unpaired) electrons. The lowest BCUT2D eigenvalue weighted by molar-refractivity contribution is 0.0118. The number of benzene rings is 1. The van der Waals surface area contributed by atoms with Crippen LogP contribution >= 0.6 is 0 Å². The van der Waals surface area contributed by atoms with Crippen molar-refractivity contribution >= 4 is 23.5 Å². The Kier molecular flexibility index (Phi) is 9.08. The van der Waals surface area contributed by atoms with E-state index in [9.17, 15) is 14.4 Å². The van der Waals surface area contributed by atoms with Crippen molar-refractivity contribution in [2.45, 2.75) is 60.0 Å². The molecule has 0 atom stereocenters. The normalized spacial score (nSPS) is 17.3. The van der Waals surface area contributed by atoms with E-state index in [0.717, 1.165) is 37.4 Å². The number of ether oxygens (including phenoxy) is 2. The molecule has 2 aromatic rings. The summed E-state index contributed by atoms with van der Waals surface area (Å²) >= 11 is 0. The number of aromatic nitrogens is 2. The van der Waals surface area contributed by atoms with E-state index in [1.54, 1.807) is 11.0 Å². The molecular weight excluding hydrogens is 524 g/mol. The summed E-state index contributed by atoms with van der Waals surface area (Å²) in [6.07, 6.45) is 0.972. The van der Waals surface area contributed by atoms with Crippen LogP contribution in [0.4, 0.5) is 10.5 Å². The zero-order chi connectivity index (χ0) is 29.9. The lowest BCUT2D eigenvalue weighted by atomic mass is 9.75. The number of anilines is 1. The number of Topliss-reactive ketones (excluding diaryl/α,β-unsaturated/α-hetero) is 1. The van der Waals surface area contributed by atoms with Gasteiger partial charge in [-0.05, 0) is 57.7 Å². The van der Waals surface area contributed by atoms with Crippen LogP contribution in [0.2, 0.25) is 0 Å². The number of hydrogen-bond acceptors (Lipinski definition) is 8. The molecule has 1 aliphatic heterocycles. The predicted molar refractivity (Wildman–Crippen MR) is 157 cm³/mol. The zero-order valence-corrected chi connectivity index (χ0v) is 25.2. The summed E-state index contributed by atoms with van der Waals surface area (Å²) in [5.74, 6) is -0.408. The zero-order valence-electron chi connectivity index (χ0n) is 25.2. The first-order valence-corrected chi connectivity index (χ1v) is 14.3. The van der Waals surface area contributed by atoms with Crippen molar-refractivity contribution in [1.29, 1.82) is 0 Å². The number of amides is 2. The predicted octanol–water partition coefficient (Wildman–Crippen LogP) is 3.42. The highest BCUT2D eigenvalue weighted by atomic mass is 16.6. The van der Waals surface area contributed by atoms with Gasteiger partial charge in [-0.2, -0.15) is 5.10 Å². The van der Waals surface area contributed by atoms with Crippen molar-refractivity contribution in [3.8, 4) is 5.69 Å². The highest BCUT2D eigenvalue weighted by molar-refractivity contribution is 6.00. The molecule has 11 nitrogen and oxygen atoms in total. The van der Waals surface area contributed by atoms with E-state index >= 15 is 0 Å². The van der Waals surface area contributed by atoms with E-state index in [1.165, 1.54) is 0 Å². The van der Waals surface area contributed by atoms with Crippen LogP contribution in [0, 0.1) is 12.3 Å². The minimum Gasteiger partial charge on any atom is -0.444 e. The largest absolute Gasteiger partial charge is 0.444 e. The van der Waals surface area contributed by atoms with Gasteiger partial charge in [-0.1, -0.05) is 13.8 Å². The van der Waals surface area contributed by atoms with Crippen LogP contribution in [0.3, 0.4) is 0 Å². The van der Waals surface area contributed by atoms with Gasteiger partial charge in [0.15, 0.2) is 5.78 Å². The smallest absolute Gasteiger partial charge is 0.410 e. The maximum atomic E-state index is 12.8. The van der Waals surface area contributed by atoms with Crippen LogP contribution in [0.25, 0.3) is 5.69 Å². The van der Waals surface area contributed by atoms with E-state index in [2.05, 4.69) is 29.2 Å². The van der Waals surface area contributed by atoms with E-state index in [1.807, 2.05) is 44.5 Å². The molecule has 1 aliphatic carbocycles. The Hall–Kier alpha value is -3.44. The minimum atomic E-state index is -0.527. The molecule has 11 heteroatoms. The Morgan fingerprint density at radius 3 is 2.46 bits per heavy atom. The van der Waals surface area contributed by atoms with Crippen LogP contribution < -0.4 is 11.1 Å². The van der Waals surface area contributed by atoms with Gasteiger partial charge in [0.25, 0.3) is 5.91 Å². The molecule has 2 amide bonds. The summed E-state index contributed by atoms with van der Waals surface area (Å²) in [5.41, 5.74) is 9.07. The van der Waals surface area contributed by atoms with Gasteiger partial charge in [-0.25, -0.2) is 9.48 Å². The van der Waals surface area contributed by atoms with Gasteiger partial charge in [0, 0.05) is 51.4 Å². The van der Waals surface area contributed by atoms with Crippen LogP contribution in [-0.2, 0) is 15.9 Å². The summed E-state index contributed by atoms with van der Waals surface area (Å²) in [6.45, 7) is 16.7. The molecule has 224 valence electrons. The van der Waals surface area contributed by atoms with Gasteiger partial charge in [0.2, 0.25) is 0 Å². The SMILES string of the molecule is Cc1nn(-c2ccc(C(N)=O)c(NCCOCCN3CCN(C(=O)OC(C)(C)C)CC3)c2)c2c1C(=O)CC(C)(C)C2. The summed E-state index contributed by atoms with van der Waals surface area (Å²) in [6, 6.07) is 5.35. The molecule has 0 spiro atoms. The van der Waals surface area contributed by atoms with Gasteiger partial charge in [0.1, 0.15) is 5.60 Å². The number of nitrogens with zero attached hydrogens (tertiary/aromatic N) is 4. The van der Waals surface area contributed by atoms with E-state index in [4.69, 9.17) is 15.2 Å². The Labute approximate surface area is 242 Å². The maximum absolute atomic E-state index is 12.8. The molecule has 2 heterocycles. The second kappa shape index (κ2) is 12.2. The van der Waals surface area contributed by atoms with E-state index < -0.39 is 11.5 Å². The van der Waals surface area contributed by atoms with Gasteiger partial charge in [-0.3, -0.25) is 14.5 Å². The number of ketones is 1. The second-order valence-corrected chi connectivity index (χ2v) is 12.7. The molecule has 3 N–H and O–H groups in total. The Balaban J connectivity index is 1.30. The molecule has 4 rings (SSSR count). The second-order valence-electron chi connectivity index (χ2n) is 12.7. The fourth-order valence-corrected chi connectivity index (χ4v) is 5.41. The number of carbonyl (C=O) groups excluding carboxylic acids is 3. The molecule has 1 fully saturated rings. The van der Waals surface area contributed by atoms with Gasteiger partial charge in [-0.15, -0.1) is 0 Å². The molecule has 41 heavy (non-hydrogen) atoms. The van der Waals surface area contributed by atoms with Crippen LogP contribution in [0.15, 0.2) is 18.2 Å². The summed E-state index contributed by atoms with van der Waals surface area (Å²) in [4.78, 5) is 41.2. The van der Waals surface area contributed by atoms with Crippen molar-refractivity contribution < 1.29 is 23.9 Å². The molecule has 1 aromatic heterocycles. The van der Waals surface area contributed by atoms with Gasteiger partial charge < -0.3 is 25.4 Å². The number of aryl methyl sites for hydroxylation is 1. The van der Waals surface area contributed by atoms with Crippen molar-refractivity contribution in [3.05, 3.63) is 40.7 Å². The first kappa shape index (κ1) is 30.5. The molecule has 1 aromatic carbocycles. The number of nitrogens with two attached hydrogens (primary N) is 1. The minimum absolute atomic E-state index is 0.120. The van der Waals surface area contributed by atoms with Crippen LogP contribution in [-0.4, -0.2) is 95.4 Å². The van der Waals surface area contributed by atoms with Crippen LogP contribution in [0.1, 0.15) is 73.1 Å². The summed E-state index contributed by atoms with van der Waals surface area (Å²) in [7, 11) is 0. The molecule has 0 bridgehead atoms. The lowest BCUT2D eigenvalue weighted by Gasteiger charge is -2.35. The standard InChI is InChI=1S/C30H44N6O5/c1-20-26-24(18-30(5,6)19-25(26)37)36(33-20)21-7-8-22(27(31)38)23(17-21)32-9-15-40-16-14-34-10-12-35(13-11-34)28(39)41-29(2,3)4/h7-8,17,32H,9-16,18-19H2,1-6H3,(H2,31,38). The molecular formula is C30H44N6O5. The van der Waals surface area contributed by atoms with E-state index in [-0.39, 0.29) is 17.3 Å². The topological polar surface area (TPSA) is 132 Å². The monoisotopic (exact) mass is 568 g/mol. The number of piperazine rings is 1. The fourth-order valence-electron chi connectivity index (χ4n) is 5.41. The Morgan fingerprint density at radius 1 is 1.10 bits per heavy atom. The number of rotatable bonds is 9. The maximum Gasteiger partial charge on any atom is 0.410 e. The first-order valence-electron chi connectivity index (χ1n) is 14.3. The molecule has 1 saturated heterocycles. The third-order valence-electron chi connectivity index (χ3n) is 7.37. The average molecular weight is 569 g/mol. The third-order valence-corrected chi connectivity index (χ3v) is 7.37. The number of hydrogen-bond donors (Lipinski definition) is 2. The summed E-state index contributed by atoms with van der Waals surface area (Å²) < 4.78 is 13.1.